The van der Waals surface area contributed by atoms with Gasteiger partial charge in [0.25, 0.3) is 0 Å². The highest BCUT2D eigenvalue weighted by atomic mass is 127. The third-order valence-corrected chi connectivity index (χ3v) is 4.00. The van der Waals surface area contributed by atoms with Crippen LogP contribution in [-0.2, 0) is 6.54 Å². The highest BCUT2D eigenvalue weighted by molar-refractivity contribution is 14.0. The van der Waals surface area contributed by atoms with Gasteiger partial charge in [0.05, 0.1) is 23.8 Å². The van der Waals surface area contributed by atoms with E-state index >= 15 is 0 Å². The molecule has 138 valence electrons. The van der Waals surface area contributed by atoms with Crippen LogP contribution in [0.5, 0.6) is 5.75 Å². The van der Waals surface area contributed by atoms with Crippen LogP contribution in [0.3, 0.4) is 0 Å². The van der Waals surface area contributed by atoms with Crippen LogP contribution in [0.15, 0.2) is 28.6 Å². The largest absolute Gasteiger partial charge is 0.489 e. The van der Waals surface area contributed by atoms with Gasteiger partial charge in [-0.2, -0.15) is 0 Å². The Bertz CT molecular complexity index is 711. The van der Waals surface area contributed by atoms with Gasteiger partial charge in [-0.3, -0.25) is 4.99 Å². The highest BCUT2D eigenvalue weighted by Crippen LogP contribution is 2.17. The molecule has 0 fully saturated rings. The zero-order valence-corrected chi connectivity index (χ0v) is 17.4. The Morgan fingerprint density at radius 3 is 2.76 bits per heavy atom. The van der Waals surface area contributed by atoms with Crippen molar-refractivity contribution in [3.63, 3.8) is 0 Å². The topological polar surface area (TPSA) is 49.8 Å². The number of nitrogens with zero attached hydrogens (tertiary/aromatic N) is 3. The molecule has 0 aliphatic rings. The molecule has 0 saturated carbocycles. The molecule has 0 saturated heterocycles. The molecule has 5 nitrogen and oxygen atoms in total. The summed E-state index contributed by atoms with van der Waals surface area (Å²) in [5.41, 5.74) is 0.979. The summed E-state index contributed by atoms with van der Waals surface area (Å²) in [5, 5.41) is 6.16. The molecule has 2 rings (SSSR count). The van der Waals surface area contributed by atoms with Crippen LogP contribution in [0.1, 0.15) is 10.7 Å². The Labute approximate surface area is 167 Å². The Morgan fingerprint density at radius 1 is 1.40 bits per heavy atom. The van der Waals surface area contributed by atoms with Gasteiger partial charge in [-0.15, -0.1) is 35.3 Å². The van der Waals surface area contributed by atoms with E-state index in [1.807, 2.05) is 24.3 Å². The first-order chi connectivity index (χ1) is 11.5. The van der Waals surface area contributed by atoms with Gasteiger partial charge in [-0.1, -0.05) is 0 Å². The van der Waals surface area contributed by atoms with Crippen molar-refractivity contribution in [3.05, 3.63) is 45.9 Å². The number of hydrogen-bond acceptors (Lipinski definition) is 4. The average molecular weight is 482 g/mol. The fourth-order valence-electron chi connectivity index (χ4n) is 2.10. The molecule has 1 aromatic heterocycles. The van der Waals surface area contributed by atoms with Gasteiger partial charge in [0.2, 0.25) is 0 Å². The Kier molecular flexibility index (Phi) is 9.04. The second-order valence-electron chi connectivity index (χ2n) is 5.11. The van der Waals surface area contributed by atoms with Crippen molar-refractivity contribution in [2.24, 2.45) is 4.99 Å². The van der Waals surface area contributed by atoms with Gasteiger partial charge >= 0.3 is 0 Å². The number of rotatable bonds is 6. The molecule has 0 unspecified atom stereocenters. The van der Waals surface area contributed by atoms with Crippen LogP contribution in [0.2, 0.25) is 0 Å². The van der Waals surface area contributed by atoms with Gasteiger partial charge in [-0.25, -0.2) is 13.8 Å². The molecule has 1 N–H and O–H groups in total. The zero-order chi connectivity index (χ0) is 17.5. The van der Waals surface area contributed by atoms with Crippen molar-refractivity contribution < 1.29 is 13.5 Å². The second-order valence-corrected chi connectivity index (χ2v) is 6.17. The van der Waals surface area contributed by atoms with Crippen molar-refractivity contribution in [1.82, 2.24) is 15.2 Å². The maximum absolute atomic E-state index is 13.5. The smallest absolute Gasteiger partial charge is 0.193 e. The molecule has 1 heterocycles. The molecule has 0 amide bonds. The van der Waals surface area contributed by atoms with Gasteiger partial charge in [0, 0.05) is 25.5 Å². The predicted molar refractivity (Wildman–Crippen MR) is 107 cm³/mol. The molecule has 0 radical (unpaired) electrons. The molecule has 25 heavy (non-hydrogen) atoms. The quantitative estimate of drug-likeness (QED) is 0.297. The van der Waals surface area contributed by atoms with Gasteiger partial charge in [0.15, 0.2) is 17.5 Å². The molecule has 0 aliphatic carbocycles. The van der Waals surface area contributed by atoms with Crippen LogP contribution in [-0.4, -0.2) is 43.1 Å². The average Bonchev–Trinajstić information content (AvgIpc) is 2.94. The standard InChI is InChI=1S/C16H20F2N4OS.HI/c1-11-21-13(10-24-11)9-22(3)16(19-2)20-6-7-23-15-5-4-12(17)8-14(15)18;/h4-5,8,10H,6-7,9H2,1-3H3,(H,19,20);1H. The number of aromatic nitrogens is 1. The fraction of sp³-hybridized carbons (Fsp3) is 0.375. The lowest BCUT2D eigenvalue weighted by atomic mass is 10.3. The van der Waals surface area contributed by atoms with Gasteiger partial charge < -0.3 is 15.0 Å². The van der Waals surface area contributed by atoms with Gasteiger partial charge in [-0.05, 0) is 19.1 Å². The van der Waals surface area contributed by atoms with E-state index in [0.717, 1.165) is 22.8 Å². The first kappa shape index (κ1) is 21.6. The van der Waals surface area contributed by atoms with Crippen LogP contribution >= 0.6 is 35.3 Å². The molecular weight excluding hydrogens is 461 g/mol. The van der Waals surface area contributed by atoms with Crippen LogP contribution in [0.25, 0.3) is 0 Å². The summed E-state index contributed by atoms with van der Waals surface area (Å²) in [7, 11) is 3.59. The van der Waals surface area contributed by atoms with E-state index in [4.69, 9.17) is 4.74 Å². The Hall–Kier alpha value is -1.49. The number of nitrogens with one attached hydrogen (secondary N) is 1. The number of halogens is 3. The van der Waals surface area contributed by atoms with E-state index in [1.54, 1.807) is 18.4 Å². The summed E-state index contributed by atoms with van der Waals surface area (Å²) in [5.74, 6) is -0.629. The monoisotopic (exact) mass is 482 g/mol. The number of hydrogen-bond donors (Lipinski definition) is 1. The number of benzene rings is 1. The summed E-state index contributed by atoms with van der Waals surface area (Å²) in [6.45, 7) is 3.26. The van der Waals surface area contributed by atoms with E-state index in [2.05, 4.69) is 15.3 Å². The van der Waals surface area contributed by atoms with E-state index in [9.17, 15) is 8.78 Å². The van der Waals surface area contributed by atoms with Crippen molar-refractivity contribution in [1.29, 1.82) is 0 Å². The minimum absolute atomic E-state index is 0. The molecule has 0 aliphatic heterocycles. The minimum Gasteiger partial charge on any atom is -0.489 e. The van der Waals surface area contributed by atoms with E-state index < -0.39 is 11.6 Å². The SMILES string of the molecule is CN=C(NCCOc1ccc(F)cc1F)N(C)Cc1csc(C)n1.I. The van der Waals surface area contributed by atoms with Crippen molar-refractivity contribution in [3.8, 4) is 5.75 Å². The highest BCUT2D eigenvalue weighted by Gasteiger charge is 2.09. The van der Waals surface area contributed by atoms with Crippen molar-refractivity contribution in [2.45, 2.75) is 13.5 Å². The van der Waals surface area contributed by atoms with Crippen LogP contribution in [0, 0.1) is 18.6 Å². The van der Waals surface area contributed by atoms with Crippen LogP contribution < -0.4 is 10.1 Å². The lowest BCUT2D eigenvalue weighted by Crippen LogP contribution is -2.40. The van der Waals surface area contributed by atoms with Crippen molar-refractivity contribution >= 4 is 41.3 Å². The summed E-state index contributed by atoms with van der Waals surface area (Å²) < 4.78 is 31.6. The predicted octanol–water partition coefficient (Wildman–Crippen LogP) is 3.43. The summed E-state index contributed by atoms with van der Waals surface area (Å²) in [4.78, 5) is 10.5. The number of ether oxygens (including phenoxy) is 1. The molecule has 2 aromatic rings. The lowest BCUT2D eigenvalue weighted by Gasteiger charge is -2.21. The number of guanidine groups is 1. The summed E-state index contributed by atoms with van der Waals surface area (Å²) in [6, 6.07) is 3.23. The molecule has 9 heteroatoms. The van der Waals surface area contributed by atoms with Gasteiger partial charge in [0.1, 0.15) is 12.4 Å². The minimum atomic E-state index is -0.713. The normalized spacial score (nSPS) is 11.0. The molecule has 0 bridgehead atoms. The maximum atomic E-state index is 13.5. The van der Waals surface area contributed by atoms with Crippen molar-refractivity contribution in [2.75, 3.05) is 27.2 Å². The van der Waals surface area contributed by atoms with E-state index in [1.165, 1.54) is 6.07 Å². The van der Waals surface area contributed by atoms with E-state index in [-0.39, 0.29) is 36.3 Å². The number of thiazole rings is 1. The number of aryl methyl sites for hydroxylation is 1. The Balaban J connectivity index is 0.00000312. The fourth-order valence-corrected chi connectivity index (χ4v) is 2.70. The first-order valence-electron chi connectivity index (χ1n) is 7.40. The third kappa shape index (κ3) is 6.73. The molecule has 0 spiro atoms. The molecular formula is C16H21F2IN4OS. The lowest BCUT2D eigenvalue weighted by molar-refractivity contribution is 0.302. The van der Waals surface area contributed by atoms with Crippen LogP contribution in [0.4, 0.5) is 8.78 Å². The summed E-state index contributed by atoms with van der Waals surface area (Å²) >= 11 is 1.61. The molecule has 0 atom stereocenters. The summed E-state index contributed by atoms with van der Waals surface area (Å²) in [6.07, 6.45) is 0. The number of aliphatic imine (C=N–C) groups is 1. The second kappa shape index (κ2) is 10.5. The Morgan fingerprint density at radius 2 is 2.16 bits per heavy atom. The third-order valence-electron chi connectivity index (χ3n) is 3.18. The van der Waals surface area contributed by atoms with E-state index in [0.29, 0.717) is 19.0 Å². The first-order valence-corrected chi connectivity index (χ1v) is 8.28. The maximum Gasteiger partial charge on any atom is 0.193 e. The zero-order valence-electron chi connectivity index (χ0n) is 14.3. The molecule has 1 aromatic carbocycles.